The third-order valence-corrected chi connectivity index (χ3v) is 4.60. The minimum Gasteiger partial charge on any atom is -0.508 e. The van der Waals surface area contributed by atoms with Crippen molar-refractivity contribution < 1.29 is 18.3 Å². The Labute approximate surface area is 139 Å². The Bertz CT molecular complexity index is 517. The molecule has 0 aliphatic carbocycles. The number of nitrogens with zero attached hydrogens (tertiary/aromatic N) is 1. The van der Waals surface area contributed by atoms with Gasteiger partial charge in [-0.3, -0.25) is 4.90 Å². The van der Waals surface area contributed by atoms with Crippen molar-refractivity contribution in [1.82, 2.24) is 10.2 Å². The third-order valence-electron chi connectivity index (χ3n) is 3.88. The van der Waals surface area contributed by atoms with Crippen molar-refractivity contribution in [2.75, 3.05) is 26.2 Å². The number of aromatic hydroxyl groups is 1. The van der Waals surface area contributed by atoms with E-state index in [2.05, 4.69) is 24.1 Å². The number of benzene rings is 1. The zero-order valence-corrected chi connectivity index (χ0v) is 14.2. The van der Waals surface area contributed by atoms with Gasteiger partial charge in [-0.05, 0) is 42.3 Å². The van der Waals surface area contributed by atoms with Crippen LogP contribution in [0.4, 0.5) is 13.2 Å². The van der Waals surface area contributed by atoms with E-state index in [-0.39, 0.29) is 28.4 Å². The second-order valence-electron chi connectivity index (χ2n) is 6.20. The van der Waals surface area contributed by atoms with Crippen LogP contribution in [0.2, 0.25) is 0 Å². The topological polar surface area (TPSA) is 35.5 Å². The van der Waals surface area contributed by atoms with E-state index < -0.39 is 5.51 Å². The van der Waals surface area contributed by atoms with Gasteiger partial charge in [0.2, 0.25) is 0 Å². The van der Waals surface area contributed by atoms with Gasteiger partial charge in [-0.15, -0.1) is 0 Å². The lowest BCUT2D eigenvalue weighted by atomic mass is 9.94. The molecular weight excluding hydrogens is 325 g/mol. The van der Waals surface area contributed by atoms with Gasteiger partial charge in [-0.1, -0.05) is 13.8 Å². The molecule has 0 bridgehead atoms. The highest BCUT2D eigenvalue weighted by molar-refractivity contribution is 8.00. The van der Waals surface area contributed by atoms with Crippen LogP contribution in [0.3, 0.4) is 0 Å². The van der Waals surface area contributed by atoms with Crippen molar-refractivity contribution in [3.63, 3.8) is 0 Å². The summed E-state index contributed by atoms with van der Waals surface area (Å²) in [6, 6.07) is 4.12. The predicted octanol–water partition coefficient (Wildman–Crippen LogP) is 4.00. The van der Waals surface area contributed by atoms with Crippen molar-refractivity contribution in [3.05, 3.63) is 23.8 Å². The van der Waals surface area contributed by atoms with Crippen LogP contribution in [0.25, 0.3) is 0 Å². The number of thioether (sulfide) groups is 1. The molecule has 1 aromatic carbocycles. The van der Waals surface area contributed by atoms with Gasteiger partial charge in [-0.2, -0.15) is 13.2 Å². The van der Waals surface area contributed by atoms with E-state index in [4.69, 9.17) is 0 Å². The van der Waals surface area contributed by atoms with E-state index in [0.717, 1.165) is 32.6 Å². The first-order valence-electron chi connectivity index (χ1n) is 7.79. The normalized spacial score (nSPS) is 18.3. The molecule has 0 aromatic heterocycles. The summed E-state index contributed by atoms with van der Waals surface area (Å²) in [6.45, 7) is 7.53. The van der Waals surface area contributed by atoms with E-state index >= 15 is 0 Å². The average Bonchev–Trinajstić information content (AvgIpc) is 2.46. The molecule has 1 atom stereocenters. The first-order valence-corrected chi connectivity index (χ1v) is 8.61. The van der Waals surface area contributed by atoms with Crippen molar-refractivity contribution in [2.24, 2.45) is 5.92 Å². The molecule has 1 fully saturated rings. The number of nitrogens with one attached hydrogen (secondary N) is 1. The standard InChI is InChI=1S/C16H23F3N2OS/c1-11(2)9-14(21-7-5-20-6-8-21)13-10-12(3-4-15(13)22)23-16(17,18)19/h3-4,10-11,14,20,22H,5-9H2,1-2H3/t14-/m0/s1. The zero-order valence-electron chi connectivity index (χ0n) is 13.4. The van der Waals surface area contributed by atoms with Crippen LogP contribution in [0.5, 0.6) is 5.75 Å². The maximum absolute atomic E-state index is 12.6. The van der Waals surface area contributed by atoms with E-state index in [1.165, 1.54) is 18.2 Å². The van der Waals surface area contributed by atoms with Crippen LogP contribution in [0.1, 0.15) is 31.9 Å². The lowest BCUT2D eigenvalue weighted by Crippen LogP contribution is -2.45. The molecule has 130 valence electrons. The minimum atomic E-state index is -4.32. The first kappa shape index (κ1) is 18.4. The fourth-order valence-electron chi connectivity index (χ4n) is 2.91. The lowest BCUT2D eigenvalue weighted by molar-refractivity contribution is -0.0328. The zero-order chi connectivity index (χ0) is 17.0. The molecule has 2 N–H and O–H groups in total. The van der Waals surface area contributed by atoms with Crippen LogP contribution >= 0.6 is 11.8 Å². The molecule has 1 aromatic rings. The summed E-state index contributed by atoms with van der Waals surface area (Å²) in [6.07, 6.45) is 0.799. The number of piperazine rings is 1. The van der Waals surface area contributed by atoms with Crippen molar-refractivity contribution >= 4 is 11.8 Å². The smallest absolute Gasteiger partial charge is 0.446 e. The van der Waals surface area contributed by atoms with E-state index in [1.807, 2.05) is 0 Å². The number of rotatable bonds is 5. The summed E-state index contributed by atoms with van der Waals surface area (Å²) in [5.41, 5.74) is -3.73. The van der Waals surface area contributed by atoms with Crippen LogP contribution in [-0.2, 0) is 0 Å². The largest absolute Gasteiger partial charge is 0.508 e. The van der Waals surface area contributed by atoms with E-state index in [1.54, 1.807) is 0 Å². The molecule has 7 heteroatoms. The third kappa shape index (κ3) is 5.58. The molecule has 1 heterocycles. The van der Waals surface area contributed by atoms with Crippen molar-refractivity contribution in [3.8, 4) is 5.75 Å². The quantitative estimate of drug-likeness (QED) is 0.789. The van der Waals surface area contributed by atoms with Gasteiger partial charge in [0, 0.05) is 42.7 Å². The minimum absolute atomic E-state index is 0.0640. The molecule has 1 saturated heterocycles. The summed E-state index contributed by atoms with van der Waals surface area (Å²) in [5, 5.41) is 13.5. The molecular formula is C16H23F3N2OS. The second kappa shape index (κ2) is 7.77. The number of phenolic OH excluding ortho intramolecular Hbond substituents is 1. The summed E-state index contributed by atoms with van der Waals surface area (Å²) in [5.74, 6) is 0.453. The fourth-order valence-corrected chi connectivity index (χ4v) is 3.50. The van der Waals surface area contributed by atoms with Gasteiger partial charge in [0.1, 0.15) is 5.75 Å². The Morgan fingerprint density at radius 2 is 1.91 bits per heavy atom. The van der Waals surface area contributed by atoms with Crippen LogP contribution in [0.15, 0.2) is 23.1 Å². The molecule has 0 amide bonds. The van der Waals surface area contributed by atoms with Crippen molar-refractivity contribution in [2.45, 2.75) is 36.7 Å². The van der Waals surface area contributed by atoms with Crippen LogP contribution in [-0.4, -0.2) is 41.7 Å². The predicted molar refractivity (Wildman–Crippen MR) is 86.7 cm³/mol. The molecule has 2 rings (SSSR count). The monoisotopic (exact) mass is 348 g/mol. The van der Waals surface area contributed by atoms with E-state index in [0.29, 0.717) is 11.5 Å². The lowest BCUT2D eigenvalue weighted by Gasteiger charge is -2.36. The SMILES string of the molecule is CC(C)C[C@@H](c1cc(SC(F)(F)F)ccc1O)N1CCNCC1. The maximum atomic E-state index is 12.6. The van der Waals surface area contributed by atoms with Gasteiger partial charge in [0.05, 0.1) is 0 Å². The van der Waals surface area contributed by atoms with Gasteiger partial charge in [-0.25, -0.2) is 0 Å². The molecule has 0 radical (unpaired) electrons. The highest BCUT2D eigenvalue weighted by Gasteiger charge is 2.31. The van der Waals surface area contributed by atoms with Gasteiger partial charge < -0.3 is 10.4 Å². The number of hydrogen-bond acceptors (Lipinski definition) is 4. The van der Waals surface area contributed by atoms with Crippen LogP contribution < -0.4 is 5.32 Å². The average molecular weight is 348 g/mol. The number of phenols is 1. The van der Waals surface area contributed by atoms with Gasteiger partial charge >= 0.3 is 5.51 Å². The Kier molecular flexibility index (Phi) is 6.22. The first-order chi connectivity index (χ1) is 10.8. The second-order valence-corrected chi connectivity index (χ2v) is 7.34. The molecule has 3 nitrogen and oxygen atoms in total. The van der Waals surface area contributed by atoms with Crippen LogP contribution in [0, 0.1) is 5.92 Å². The fraction of sp³-hybridized carbons (Fsp3) is 0.625. The molecule has 23 heavy (non-hydrogen) atoms. The summed E-state index contributed by atoms with van der Waals surface area (Å²) < 4.78 is 37.9. The van der Waals surface area contributed by atoms with Gasteiger partial charge in [0.25, 0.3) is 0 Å². The Morgan fingerprint density at radius 1 is 1.26 bits per heavy atom. The van der Waals surface area contributed by atoms with Gasteiger partial charge in [0.15, 0.2) is 0 Å². The maximum Gasteiger partial charge on any atom is 0.446 e. The van der Waals surface area contributed by atoms with E-state index in [9.17, 15) is 18.3 Å². The summed E-state index contributed by atoms with van der Waals surface area (Å²) in [7, 11) is 0. The van der Waals surface area contributed by atoms with Crippen molar-refractivity contribution in [1.29, 1.82) is 0 Å². The molecule has 0 unspecified atom stereocenters. The molecule has 0 spiro atoms. The molecule has 1 aliphatic heterocycles. The number of halogens is 3. The number of alkyl halides is 3. The Morgan fingerprint density at radius 3 is 2.48 bits per heavy atom. The number of hydrogen-bond donors (Lipinski definition) is 2. The summed E-state index contributed by atoms with van der Waals surface area (Å²) in [4.78, 5) is 2.36. The Hall–Kier alpha value is -0.920. The molecule has 1 aliphatic rings. The molecule has 0 saturated carbocycles. The highest BCUT2D eigenvalue weighted by atomic mass is 32.2. The highest BCUT2D eigenvalue weighted by Crippen LogP contribution is 2.41. The summed E-state index contributed by atoms with van der Waals surface area (Å²) >= 11 is -0.135. The Balaban J connectivity index is 2.30.